The molecule has 4 nitrogen and oxygen atoms in total. The number of methoxy groups -OCH3 is 2. The molecule has 0 aliphatic heterocycles. The van der Waals surface area contributed by atoms with Crippen LogP contribution in [0.2, 0.25) is 0 Å². The second-order valence-corrected chi connectivity index (χ2v) is 11.4. The van der Waals surface area contributed by atoms with Gasteiger partial charge in [-0.2, -0.15) is 0 Å². The first-order valence-electron chi connectivity index (χ1n) is 11.6. The van der Waals surface area contributed by atoms with Gasteiger partial charge in [-0.15, -0.1) is 22.7 Å². The van der Waals surface area contributed by atoms with Gasteiger partial charge in [0.25, 0.3) is 0 Å². The molecule has 4 aromatic rings. The van der Waals surface area contributed by atoms with Crippen LogP contribution in [0.1, 0.15) is 39.6 Å². The molecule has 2 aromatic heterocycles. The van der Waals surface area contributed by atoms with Gasteiger partial charge in [0, 0.05) is 33.2 Å². The van der Waals surface area contributed by atoms with Gasteiger partial charge in [0.05, 0.1) is 35.6 Å². The molecule has 180 valence electrons. The number of ether oxygens (including phenoxy) is 2. The first-order valence-corrected chi connectivity index (χ1v) is 13.3. The molecule has 0 N–H and O–H groups in total. The lowest BCUT2D eigenvalue weighted by atomic mass is 10.1. The molecule has 0 spiro atoms. The Morgan fingerprint density at radius 2 is 1.66 bits per heavy atom. The molecule has 0 amide bonds. The van der Waals surface area contributed by atoms with Crippen LogP contribution in [0.5, 0.6) is 11.5 Å². The van der Waals surface area contributed by atoms with E-state index in [0.717, 1.165) is 51.2 Å². The molecule has 2 aliphatic carbocycles. The van der Waals surface area contributed by atoms with E-state index in [0.29, 0.717) is 29.2 Å². The Morgan fingerprint density at radius 3 is 2.37 bits per heavy atom. The topological polar surface area (TPSA) is 44.2 Å². The monoisotopic (exact) mass is 510 g/mol. The van der Waals surface area contributed by atoms with Crippen LogP contribution >= 0.6 is 22.7 Å². The van der Waals surface area contributed by atoms with Gasteiger partial charge in [0.1, 0.15) is 11.5 Å². The Labute approximate surface area is 210 Å². The van der Waals surface area contributed by atoms with Crippen molar-refractivity contribution in [3.63, 3.8) is 0 Å². The number of hydrogen-bond acceptors (Lipinski definition) is 6. The fourth-order valence-electron chi connectivity index (χ4n) is 5.03. The Morgan fingerprint density at radius 1 is 0.886 bits per heavy atom. The maximum Gasteiger partial charge on any atom is 0.159 e. The Kier molecular flexibility index (Phi) is 5.60. The van der Waals surface area contributed by atoms with Crippen molar-refractivity contribution >= 4 is 22.7 Å². The van der Waals surface area contributed by atoms with Crippen molar-refractivity contribution in [2.75, 3.05) is 14.2 Å². The normalized spacial score (nSPS) is 22.8. The van der Waals surface area contributed by atoms with Gasteiger partial charge in [-0.25, -0.2) is 18.7 Å². The molecular formula is C27H24F2N2O2S2. The van der Waals surface area contributed by atoms with Crippen molar-refractivity contribution in [1.82, 2.24) is 9.97 Å². The molecule has 2 saturated carbocycles. The van der Waals surface area contributed by atoms with E-state index in [9.17, 15) is 8.78 Å². The third-order valence-electron chi connectivity index (χ3n) is 7.07. The van der Waals surface area contributed by atoms with Gasteiger partial charge >= 0.3 is 0 Å². The predicted octanol–water partition coefficient (Wildman–Crippen LogP) is 7.44. The highest BCUT2D eigenvalue weighted by molar-refractivity contribution is 7.12. The van der Waals surface area contributed by atoms with E-state index < -0.39 is 11.6 Å². The van der Waals surface area contributed by atoms with Crippen LogP contribution < -0.4 is 9.47 Å². The molecule has 35 heavy (non-hydrogen) atoms. The molecule has 0 bridgehead atoms. The van der Waals surface area contributed by atoms with Gasteiger partial charge in [0.15, 0.2) is 11.6 Å². The zero-order chi connectivity index (χ0) is 24.3. The van der Waals surface area contributed by atoms with E-state index in [1.165, 1.54) is 17.1 Å². The summed E-state index contributed by atoms with van der Waals surface area (Å²) in [4.78, 5) is 10.8. The summed E-state index contributed by atoms with van der Waals surface area (Å²) < 4.78 is 38.0. The maximum atomic E-state index is 13.7. The standard InChI is InChI=1S/C27H24F2N2O2S2/c1-13-25(14-4-6-21(28)22(29)8-14)31-27(35-13)19-11-17(19)16-10-18(16)26-30-23(12-34-26)20-9-15(32-2)5-7-24(20)33-3/h4-9,12,16-19H,10-11H2,1-3H3. The highest BCUT2D eigenvalue weighted by atomic mass is 32.1. The number of hydrogen-bond donors (Lipinski definition) is 0. The lowest BCUT2D eigenvalue weighted by Gasteiger charge is -2.08. The van der Waals surface area contributed by atoms with Crippen molar-refractivity contribution in [2.45, 2.75) is 31.6 Å². The number of nitrogens with zero attached hydrogens (tertiary/aromatic N) is 2. The number of aryl methyl sites for hydroxylation is 1. The number of halogens is 2. The highest BCUT2D eigenvalue weighted by Crippen LogP contribution is 2.66. The minimum atomic E-state index is -0.837. The maximum absolute atomic E-state index is 13.7. The average molecular weight is 511 g/mol. The van der Waals surface area contributed by atoms with Gasteiger partial charge < -0.3 is 9.47 Å². The highest BCUT2D eigenvalue weighted by Gasteiger charge is 2.56. The fraction of sp³-hybridized carbons (Fsp3) is 0.333. The third kappa shape index (κ3) is 4.12. The van der Waals surface area contributed by atoms with Crippen LogP contribution in [-0.2, 0) is 0 Å². The second-order valence-electron chi connectivity index (χ2n) is 9.24. The molecule has 4 unspecified atom stereocenters. The lowest BCUT2D eigenvalue weighted by molar-refractivity contribution is 0.404. The van der Waals surface area contributed by atoms with E-state index in [-0.39, 0.29) is 0 Å². The van der Waals surface area contributed by atoms with Crippen molar-refractivity contribution in [3.8, 4) is 34.0 Å². The van der Waals surface area contributed by atoms with Crippen LogP contribution in [0, 0.1) is 30.4 Å². The predicted molar refractivity (Wildman–Crippen MR) is 135 cm³/mol. The lowest BCUT2D eigenvalue weighted by Crippen LogP contribution is -1.92. The molecule has 2 aromatic carbocycles. The van der Waals surface area contributed by atoms with Crippen molar-refractivity contribution < 1.29 is 18.3 Å². The summed E-state index contributed by atoms with van der Waals surface area (Å²) >= 11 is 3.39. The van der Waals surface area contributed by atoms with Crippen molar-refractivity contribution in [1.29, 1.82) is 0 Å². The molecule has 8 heteroatoms. The van der Waals surface area contributed by atoms with Crippen molar-refractivity contribution in [2.24, 2.45) is 11.8 Å². The molecule has 6 rings (SSSR count). The molecule has 2 fully saturated rings. The van der Waals surface area contributed by atoms with Gasteiger partial charge in [-0.3, -0.25) is 0 Å². The van der Waals surface area contributed by atoms with Crippen LogP contribution in [-0.4, -0.2) is 24.2 Å². The van der Waals surface area contributed by atoms with E-state index in [2.05, 4.69) is 5.38 Å². The molecule has 0 saturated heterocycles. The summed E-state index contributed by atoms with van der Waals surface area (Å²) in [5, 5.41) is 4.39. The Hall–Kier alpha value is -2.84. The van der Waals surface area contributed by atoms with Crippen molar-refractivity contribution in [3.05, 3.63) is 68.3 Å². The summed E-state index contributed by atoms with van der Waals surface area (Å²) in [5.74, 6) is 2.08. The number of rotatable bonds is 7. The third-order valence-corrected chi connectivity index (χ3v) is 9.15. The van der Waals surface area contributed by atoms with Crippen LogP contribution in [0.15, 0.2) is 41.8 Å². The van der Waals surface area contributed by atoms with Crippen LogP contribution in [0.4, 0.5) is 8.78 Å². The zero-order valence-corrected chi connectivity index (χ0v) is 21.2. The summed E-state index contributed by atoms with van der Waals surface area (Å²) in [6, 6.07) is 9.77. The van der Waals surface area contributed by atoms with Crippen LogP contribution in [0.3, 0.4) is 0 Å². The summed E-state index contributed by atoms with van der Waals surface area (Å²) in [7, 11) is 3.32. The van der Waals surface area contributed by atoms with Crippen LogP contribution in [0.25, 0.3) is 22.5 Å². The Bertz CT molecular complexity index is 1420. The molecule has 2 heterocycles. The van der Waals surface area contributed by atoms with E-state index >= 15 is 0 Å². The summed E-state index contributed by atoms with van der Waals surface area (Å²) in [6.45, 7) is 2.00. The largest absolute Gasteiger partial charge is 0.497 e. The average Bonchev–Trinajstić information content (AvgIpc) is 3.75. The number of aromatic nitrogens is 2. The van der Waals surface area contributed by atoms with Gasteiger partial charge in [-0.05, 0) is 68.0 Å². The first-order chi connectivity index (χ1) is 17.0. The minimum absolute atomic E-state index is 0.450. The number of thiazole rings is 2. The quantitative estimate of drug-likeness (QED) is 0.259. The van der Waals surface area contributed by atoms with E-state index in [4.69, 9.17) is 19.4 Å². The minimum Gasteiger partial charge on any atom is -0.497 e. The smallest absolute Gasteiger partial charge is 0.159 e. The second kappa shape index (κ2) is 8.68. The summed E-state index contributed by atoms with van der Waals surface area (Å²) in [6.07, 6.45) is 2.29. The number of benzene rings is 2. The van der Waals surface area contributed by atoms with E-state index in [1.54, 1.807) is 43.0 Å². The Balaban J connectivity index is 1.16. The fourth-order valence-corrected chi connectivity index (χ4v) is 7.17. The first kappa shape index (κ1) is 22.6. The molecule has 0 radical (unpaired) electrons. The zero-order valence-electron chi connectivity index (χ0n) is 19.5. The van der Waals surface area contributed by atoms with E-state index in [1.807, 2.05) is 25.1 Å². The summed E-state index contributed by atoms with van der Waals surface area (Å²) in [5.41, 5.74) is 3.26. The van der Waals surface area contributed by atoms with Gasteiger partial charge in [0.2, 0.25) is 0 Å². The van der Waals surface area contributed by atoms with Gasteiger partial charge in [-0.1, -0.05) is 0 Å². The molecule has 4 atom stereocenters. The molecule has 2 aliphatic rings. The SMILES string of the molecule is COc1ccc(OC)c(-c2csc(C3CC3C3CC3c3nc(-c4ccc(F)c(F)c4)c(C)s3)n2)c1. The molecular weight excluding hydrogens is 486 g/mol.